The molecule has 176 valence electrons. The number of rotatable bonds is 0. The van der Waals surface area contributed by atoms with Gasteiger partial charge in [-0.05, 0) is 31.4 Å². The predicted molar refractivity (Wildman–Crippen MR) is 115 cm³/mol. The van der Waals surface area contributed by atoms with Gasteiger partial charge in [0.1, 0.15) is 0 Å². The van der Waals surface area contributed by atoms with E-state index in [-0.39, 0.29) is 35.9 Å². The SMILES string of the molecule is C[C@H]1CN2c3c(cc(C#Cc4nccn4C)c(F)c3F)CC3(C(=O)NC(=O)NC3=O)[C@@H]2[C@@H](C)O1. The number of morpholine rings is 1. The molecule has 2 fully saturated rings. The molecule has 0 radical (unpaired) electrons. The minimum absolute atomic E-state index is 0.0323. The fourth-order valence-electron chi connectivity index (χ4n) is 5.24. The van der Waals surface area contributed by atoms with Gasteiger partial charge in [-0.1, -0.05) is 5.92 Å². The number of halogens is 2. The van der Waals surface area contributed by atoms with Crippen molar-refractivity contribution in [3.05, 3.63) is 47.0 Å². The van der Waals surface area contributed by atoms with Crippen LogP contribution in [0.5, 0.6) is 0 Å². The number of nitrogens with zero attached hydrogens (tertiary/aromatic N) is 3. The van der Waals surface area contributed by atoms with Crippen LogP contribution in [0.15, 0.2) is 18.5 Å². The Kier molecular flexibility index (Phi) is 4.95. The van der Waals surface area contributed by atoms with Crippen LogP contribution in [0.1, 0.15) is 30.8 Å². The van der Waals surface area contributed by atoms with Crippen LogP contribution in [-0.4, -0.2) is 52.2 Å². The van der Waals surface area contributed by atoms with Crippen molar-refractivity contribution < 1.29 is 27.9 Å². The van der Waals surface area contributed by atoms with Crippen LogP contribution < -0.4 is 15.5 Å². The van der Waals surface area contributed by atoms with Crippen LogP contribution in [0, 0.1) is 28.9 Å². The van der Waals surface area contributed by atoms with E-state index in [4.69, 9.17) is 4.74 Å². The molecular formula is C23H21F2N5O4. The number of aryl methyl sites for hydroxylation is 1. The first-order valence-electron chi connectivity index (χ1n) is 10.7. The van der Waals surface area contributed by atoms with Crippen LogP contribution in [0.4, 0.5) is 19.3 Å². The van der Waals surface area contributed by atoms with E-state index in [0.717, 1.165) is 0 Å². The highest BCUT2D eigenvalue weighted by Crippen LogP contribution is 2.48. The first kappa shape index (κ1) is 22.0. The van der Waals surface area contributed by atoms with E-state index in [0.29, 0.717) is 5.82 Å². The number of anilines is 1. The number of urea groups is 1. The van der Waals surface area contributed by atoms with Crippen molar-refractivity contribution in [3.63, 3.8) is 0 Å². The van der Waals surface area contributed by atoms with Crippen molar-refractivity contribution in [1.82, 2.24) is 20.2 Å². The van der Waals surface area contributed by atoms with Crippen molar-refractivity contribution >= 4 is 23.5 Å². The normalized spacial score (nSPS) is 25.1. The van der Waals surface area contributed by atoms with E-state index in [1.165, 1.54) is 17.2 Å². The molecule has 3 atom stereocenters. The Labute approximate surface area is 193 Å². The van der Waals surface area contributed by atoms with E-state index in [1.807, 2.05) is 0 Å². The number of imide groups is 2. The van der Waals surface area contributed by atoms with Crippen molar-refractivity contribution in [2.24, 2.45) is 12.5 Å². The second kappa shape index (κ2) is 7.63. The molecule has 1 spiro atoms. The lowest BCUT2D eigenvalue weighted by atomic mass is 9.66. The molecule has 5 rings (SSSR count). The van der Waals surface area contributed by atoms with Gasteiger partial charge in [0, 0.05) is 32.4 Å². The second-order valence-corrected chi connectivity index (χ2v) is 8.81. The molecule has 34 heavy (non-hydrogen) atoms. The number of barbiturate groups is 1. The highest BCUT2D eigenvalue weighted by Gasteiger charge is 2.63. The number of aromatic nitrogens is 2. The topological polar surface area (TPSA) is 106 Å². The van der Waals surface area contributed by atoms with E-state index in [2.05, 4.69) is 27.5 Å². The van der Waals surface area contributed by atoms with Gasteiger partial charge in [-0.2, -0.15) is 0 Å². The molecule has 4 heterocycles. The van der Waals surface area contributed by atoms with Gasteiger partial charge in [-0.25, -0.2) is 18.6 Å². The number of carbonyl (C=O) groups is 3. The highest BCUT2D eigenvalue weighted by atomic mass is 19.2. The van der Waals surface area contributed by atoms with E-state index in [9.17, 15) is 14.4 Å². The van der Waals surface area contributed by atoms with Crippen molar-refractivity contribution in [2.45, 2.75) is 38.5 Å². The molecule has 0 unspecified atom stereocenters. The maximum Gasteiger partial charge on any atom is 0.328 e. The average molecular weight is 469 g/mol. The van der Waals surface area contributed by atoms with Crippen molar-refractivity contribution in [2.75, 3.05) is 11.4 Å². The third-order valence-corrected chi connectivity index (χ3v) is 6.60. The quantitative estimate of drug-likeness (QED) is 0.441. The number of fused-ring (bicyclic) bond motifs is 4. The molecular weight excluding hydrogens is 448 g/mol. The zero-order valence-corrected chi connectivity index (χ0v) is 18.6. The van der Waals surface area contributed by atoms with E-state index < -0.39 is 47.0 Å². The Hall–Kier alpha value is -3.78. The third kappa shape index (κ3) is 3.09. The molecule has 2 saturated heterocycles. The molecule has 4 amide bonds. The van der Waals surface area contributed by atoms with Gasteiger partial charge in [0.15, 0.2) is 22.9 Å². The van der Waals surface area contributed by atoms with Crippen LogP contribution in [-0.2, 0) is 27.8 Å². The zero-order chi connectivity index (χ0) is 24.4. The minimum atomic E-state index is -1.78. The molecule has 3 aliphatic heterocycles. The largest absolute Gasteiger partial charge is 0.372 e. The van der Waals surface area contributed by atoms with Crippen molar-refractivity contribution in [1.29, 1.82) is 0 Å². The number of amides is 4. The Morgan fingerprint density at radius 1 is 1.15 bits per heavy atom. The second-order valence-electron chi connectivity index (χ2n) is 8.81. The number of carbonyl (C=O) groups excluding carboxylic acids is 3. The minimum Gasteiger partial charge on any atom is -0.372 e. The summed E-state index contributed by atoms with van der Waals surface area (Å²) in [4.78, 5) is 43.7. The first-order chi connectivity index (χ1) is 16.1. The summed E-state index contributed by atoms with van der Waals surface area (Å²) in [6.07, 6.45) is 1.87. The molecule has 11 heteroatoms. The summed E-state index contributed by atoms with van der Waals surface area (Å²) in [7, 11) is 1.72. The smallest absolute Gasteiger partial charge is 0.328 e. The number of hydrogen-bond acceptors (Lipinski definition) is 6. The third-order valence-electron chi connectivity index (χ3n) is 6.60. The lowest BCUT2D eigenvalue weighted by Crippen LogP contribution is -2.75. The Balaban J connectivity index is 1.70. The summed E-state index contributed by atoms with van der Waals surface area (Å²) >= 11 is 0. The van der Waals surface area contributed by atoms with Crippen LogP contribution in [0.3, 0.4) is 0 Å². The maximum atomic E-state index is 15.5. The van der Waals surface area contributed by atoms with Gasteiger partial charge in [0.05, 0.1) is 29.5 Å². The van der Waals surface area contributed by atoms with Gasteiger partial charge in [-0.15, -0.1) is 0 Å². The predicted octanol–water partition coefficient (Wildman–Crippen LogP) is 0.989. The van der Waals surface area contributed by atoms with Gasteiger partial charge >= 0.3 is 6.03 Å². The fraction of sp³-hybridized carbons (Fsp3) is 0.391. The average Bonchev–Trinajstić information content (AvgIpc) is 3.17. The lowest BCUT2D eigenvalue weighted by molar-refractivity contribution is -0.153. The number of imidazole rings is 1. The summed E-state index contributed by atoms with van der Waals surface area (Å²) in [5.74, 6) is 1.81. The molecule has 3 aliphatic rings. The lowest BCUT2D eigenvalue weighted by Gasteiger charge is -2.55. The first-order valence-corrected chi connectivity index (χ1v) is 10.7. The zero-order valence-electron chi connectivity index (χ0n) is 18.6. The van der Waals surface area contributed by atoms with Crippen LogP contribution >= 0.6 is 0 Å². The van der Waals surface area contributed by atoms with E-state index >= 15 is 8.78 Å². The molecule has 9 nitrogen and oxygen atoms in total. The van der Waals surface area contributed by atoms with Crippen molar-refractivity contribution in [3.8, 4) is 11.8 Å². The summed E-state index contributed by atoms with van der Waals surface area (Å²) in [6.45, 7) is 3.55. The summed E-state index contributed by atoms with van der Waals surface area (Å²) in [6, 6.07) is -0.533. The standard InChI is InChI=1S/C23H21F2N5O4/c1-11-10-30-18-14(8-13(16(24)17(18)25)4-5-15-26-6-7-29(15)3)9-23(19(30)12(2)34-11)20(31)27-22(33)28-21(23)32/h6-8,11-12,19H,9-10H2,1-3H3,(H2,27,28,31,32,33)/t11-,12+,19-/m0/s1. The molecule has 2 N–H and O–H groups in total. The summed E-state index contributed by atoms with van der Waals surface area (Å²) < 4.78 is 38.2. The Morgan fingerprint density at radius 3 is 2.50 bits per heavy atom. The molecule has 1 aromatic carbocycles. The molecule has 0 bridgehead atoms. The van der Waals surface area contributed by atoms with Gasteiger partial charge in [0.25, 0.3) is 0 Å². The van der Waals surface area contributed by atoms with Gasteiger partial charge in [0.2, 0.25) is 11.8 Å². The Bertz CT molecular complexity index is 1290. The maximum absolute atomic E-state index is 15.5. The van der Waals surface area contributed by atoms with E-state index in [1.54, 1.807) is 31.7 Å². The number of hydrogen-bond donors (Lipinski definition) is 2. The summed E-state index contributed by atoms with van der Waals surface area (Å²) in [5.41, 5.74) is -1.81. The molecule has 1 aromatic heterocycles. The van der Waals surface area contributed by atoms with Crippen LogP contribution in [0.25, 0.3) is 0 Å². The summed E-state index contributed by atoms with van der Waals surface area (Å²) in [5, 5.41) is 4.32. The molecule has 0 aliphatic carbocycles. The fourth-order valence-corrected chi connectivity index (χ4v) is 5.24. The van der Waals surface area contributed by atoms with Gasteiger partial charge in [-0.3, -0.25) is 20.2 Å². The van der Waals surface area contributed by atoms with Crippen LogP contribution in [0.2, 0.25) is 0 Å². The molecule has 2 aromatic rings. The number of benzene rings is 1. The number of ether oxygens (including phenoxy) is 1. The monoisotopic (exact) mass is 469 g/mol. The number of nitrogens with one attached hydrogen (secondary N) is 2. The Morgan fingerprint density at radius 2 is 1.85 bits per heavy atom. The highest BCUT2D eigenvalue weighted by molar-refractivity contribution is 6.20. The molecule has 0 saturated carbocycles. The van der Waals surface area contributed by atoms with Gasteiger partial charge < -0.3 is 14.2 Å².